The number of carbonyl (C=O) groups excluding carboxylic acids is 1. The van der Waals surface area contributed by atoms with Crippen LogP contribution in [0.15, 0.2) is 71.8 Å². The first-order valence-corrected chi connectivity index (χ1v) is 9.59. The van der Waals surface area contributed by atoms with Crippen molar-refractivity contribution in [2.45, 2.75) is 11.6 Å². The molecule has 6 nitrogen and oxygen atoms in total. The average Bonchev–Trinajstić information content (AvgIpc) is 3.15. The maximum absolute atomic E-state index is 13.5. The minimum absolute atomic E-state index is 0.0788. The van der Waals surface area contributed by atoms with Crippen LogP contribution in [0.5, 0.6) is 0 Å². The number of nitrogens with zero attached hydrogens (tertiary/aromatic N) is 4. The second-order valence-corrected chi connectivity index (χ2v) is 7.02. The zero-order valence-corrected chi connectivity index (χ0v) is 15.6. The summed E-state index contributed by atoms with van der Waals surface area (Å²) >= 11 is 1.32. The van der Waals surface area contributed by atoms with Gasteiger partial charge in [-0.2, -0.15) is 9.61 Å². The van der Waals surface area contributed by atoms with E-state index in [2.05, 4.69) is 20.6 Å². The summed E-state index contributed by atoms with van der Waals surface area (Å²) in [6.45, 7) is 0.488. The van der Waals surface area contributed by atoms with Gasteiger partial charge in [0.25, 0.3) is 0 Å². The smallest absolute Gasteiger partial charge is 0.230 e. The van der Waals surface area contributed by atoms with Crippen molar-refractivity contribution in [2.24, 2.45) is 0 Å². The van der Waals surface area contributed by atoms with Crippen LogP contribution in [0.1, 0.15) is 5.56 Å². The van der Waals surface area contributed by atoms with Crippen LogP contribution in [0.4, 0.5) is 4.39 Å². The van der Waals surface area contributed by atoms with Crippen LogP contribution in [0, 0.1) is 5.82 Å². The first-order chi connectivity index (χ1) is 13.7. The summed E-state index contributed by atoms with van der Waals surface area (Å²) in [5.41, 5.74) is 2.18. The molecule has 0 saturated heterocycles. The Morgan fingerprint density at radius 2 is 1.89 bits per heavy atom. The van der Waals surface area contributed by atoms with Crippen LogP contribution in [-0.2, 0) is 11.3 Å². The van der Waals surface area contributed by atoms with Crippen molar-refractivity contribution in [3.8, 4) is 11.4 Å². The normalized spacial score (nSPS) is 10.9. The summed E-state index contributed by atoms with van der Waals surface area (Å²) in [5.74, 6) is 0.258. The summed E-state index contributed by atoms with van der Waals surface area (Å²) in [6, 6.07) is 19.4. The van der Waals surface area contributed by atoms with Gasteiger partial charge in [-0.3, -0.25) is 4.79 Å². The minimum atomic E-state index is -0.352. The Kier molecular flexibility index (Phi) is 5.29. The minimum Gasteiger partial charge on any atom is -0.351 e. The van der Waals surface area contributed by atoms with Crippen molar-refractivity contribution >= 4 is 23.3 Å². The topological polar surface area (TPSA) is 72.2 Å². The van der Waals surface area contributed by atoms with Crippen LogP contribution in [0.2, 0.25) is 0 Å². The summed E-state index contributed by atoms with van der Waals surface area (Å²) < 4.78 is 15.1. The third kappa shape index (κ3) is 4.17. The van der Waals surface area contributed by atoms with Gasteiger partial charge >= 0.3 is 0 Å². The van der Waals surface area contributed by atoms with Crippen molar-refractivity contribution in [1.82, 2.24) is 25.1 Å². The fraction of sp³-hybridized carbons (Fsp3) is 0.100. The Labute approximate surface area is 164 Å². The highest BCUT2D eigenvalue weighted by molar-refractivity contribution is 7.99. The quantitative estimate of drug-likeness (QED) is 0.509. The first kappa shape index (κ1) is 18.1. The highest BCUT2D eigenvalue weighted by atomic mass is 32.2. The van der Waals surface area contributed by atoms with Crippen LogP contribution in [0.25, 0.3) is 17.0 Å². The Balaban J connectivity index is 1.44. The Hall–Kier alpha value is -3.26. The molecule has 0 aliphatic rings. The Morgan fingerprint density at radius 3 is 2.71 bits per heavy atom. The van der Waals surface area contributed by atoms with E-state index < -0.39 is 0 Å². The molecule has 2 aromatic heterocycles. The second-order valence-electron chi connectivity index (χ2n) is 6.03. The van der Waals surface area contributed by atoms with Crippen LogP contribution in [-0.4, -0.2) is 31.5 Å². The van der Waals surface area contributed by atoms with Crippen molar-refractivity contribution in [1.29, 1.82) is 0 Å². The van der Waals surface area contributed by atoms with E-state index in [9.17, 15) is 9.18 Å². The Morgan fingerprint density at radius 1 is 1.04 bits per heavy atom. The molecule has 0 unspecified atom stereocenters. The molecule has 8 heteroatoms. The number of halogens is 1. The van der Waals surface area contributed by atoms with Gasteiger partial charge in [-0.25, -0.2) is 4.39 Å². The number of amides is 1. The summed E-state index contributed by atoms with van der Waals surface area (Å²) in [7, 11) is 0. The van der Waals surface area contributed by atoms with Gasteiger partial charge in [0.05, 0.1) is 5.75 Å². The van der Waals surface area contributed by atoms with Gasteiger partial charge in [-0.05, 0) is 29.8 Å². The van der Waals surface area contributed by atoms with Gasteiger partial charge in [0.2, 0.25) is 5.91 Å². The highest BCUT2D eigenvalue weighted by Crippen LogP contribution is 2.21. The fourth-order valence-corrected chi connectivity index (χ4v) is 3.33. The van der Waals surface area contributed by atoms with Gasteiger partial charge in [-0.1, -0.05) is 54.2 Å². The molecule has 0 aliphatic heterocycles. The van der Waals surface area contributed by atoms with Crippen LogP contribution >= 0.6 is 11.8 Å². The summed E-state index contributed by atoms with van der Waals surface area (Å²) in [6.07, 6.45) is 0. The molecule has 1 N–H and O–H groups in total. The number of hydrogen-bond donors (Lipinski definition) is 1. The molecular formula is C20H16FN5OS. The summed E-state index contributed by atoms with van der Waals surface area (Å²) in [5, 5.41) is 16.2. The predicted molar refractivity (Wildman–Crippen MR) is 105 cm³/mol. The standard InChI is InChI=1S/C20H16FN5OS/c21-16-8-4-7-15(11-16)20-24-23-17-9-10-19(25-26(17)20)28-13-18(27)22-12-14-5-2-1-3-6-14/h1-11H,12-13H2,(H,22,27). The van der Waals surface area contributed by atoms with E-state index in [-0.39, 0.29) is 17.5 Å². The largest absolute Gasteiger partial charge is 0.351 e. The lowest BCUT2D eigenvalue weighted by Gasteiger charge is -2.05. The number of fused-ring (bicyclic) bond motifs is 1. The maximum Gasteiger partial charge on any atom is 0.230 e. The fourth-order valence-electron chi connectivity index (χ4n) is 2.64. The number of rotatable bonds is 6. The second kappa shape index (κ2) is 8.18. The molecule has 4 aromatic rings. The number of aromatic nitrogens is 4. The van der Waals surface area contributed by atoms with E-state index in [4.69, 9.17) is 0 Å². The summed E-state index contributed by atoms with van der Waals surface area (Å²) in [4.78, 5) is 12.1. The molecule has 2 aromatic carbocycles. The van der Waals surface area contributed by atoms with E-state index in [1.54, 1.807) is 28.8 Å². The van der Waals surface area contributed by atoms with E-state index in [0.29, 0.717) is 28.6 Å². The van der Waals surface area contributed by atoms with Gasteiger partial charge < -0.3 is 5.32 Å². The molecule has 0 aliphatic carbocycles. The zero-order chi connectivity index (χ0) is 19.3. The molecule has 0 spiro atoms. The molecule has 0 radical (unpaired) electrons. The number of nitrogens with one attached hydrogen (secondary N) is 1. The van der Waals surface area contributed by atoms with Gasteiger partial charge in [-0.15, -0.1) is 10.2 Å². The Bertz CT molecular complexity index is 1120. The highest BCUT2D eigenvalue weighted by Gasteiger charge is 2.12. The number of thioether (sulfide) groups is 1. The van der Waals surface area contributed by atoms with Crippen molar-refractivity contribution < 1.29 is 9.18 Å². The molecule has 2 heterocycles. The molecule has 0 fully saturated rings. The van der Waals surface area contributed by atoms with Gasteiger partial charge in [0.1, 0.15) is 10.8 Å². The lowest BCUT2D eigenvalue weighted by molar-refractivity contribution is -0.118. The van der Waals surface area contributed by atoms with Crippen LogP contribution < -0.4 is 5.32 Å². The SMILES string of the molecule is O=C(CSc1ccc2nnc(-c3cccc(F)c3)n2n1)NCc1ccccc1. The first-order valence-electron chi connectivity index (χ1n) is 8.61. The molecular weight excluding hydrogens is 377 g/mol. The maximum atomic E-state index is 13.5. The molecule has 0 atom stereocenters. The lowest BCUT2D eigenvalue weighted by Crippen LogP contribution is -2.24. The molecule has 140 valence electrons. The van der Waals surface area contributed by atoms with E-state index >= 15 is 0 Å². The van der Waals surface area contributed by atoms with Crippen molar-refractivity contribution in [3.05, 3.63) is 78.1 Å². The third-order valence-corrected chi connectivity index (χ3v) is 4.92. The van der Waals surface area contributed by atoms with Crippen molar-refractivity contribution in [3.63, 3.8) is 0 Å². The van der Waals surface area contributed by atoms with Crippen molar-refractivity contribution in [2.75, 3.05) is 5.75 Å². The van der Waals surface area contributed by atoms with E-state index in [1.807, 2.05) is 30.3 Å². The predicted octanol–water partition coefficient (Wildman–Crippen LogP) is 3.34. The number of carbonyl (C=O) groups is 1. The molecule has 0 saturated carbocycles. The molecule has 1 amide bonds. The van der Waals surface area contributed by atoms with E-state index in [0.717, 1.165) is 5.56 Å². The molecule has 28 heavy (non-hydrogen) atoms. The number of hydrogen-bond acceptors (Lipinski definition) is 5. The third-order valence-electron chi connectivity index (χ3n) is 4.00. The number of benzene rings is 2. The van der Waals surface area contributed by atoms with E-state index in [1.165, 1.54) is 23.9 Å². The molecule has 4 rings (SSSR count). The lowest BCUT2D eigenvalue weighted by atomic mass is 10.2. The van der Waals surface area contributed by atoms with Crippen LogP contribution in [0.3, 0.4) is 0 Å². The monoisotopic (exact) mass is 393 g/mol. The molecule has 0 bridgehead atoms. The van der Waals surface area contributed by atoms with Gasteiger partial charge in [0.15, 0.2) is 11.5 Å². The van der Waals surface area contributed by atoms with Gasteiger partial charge in [0, 0.05) is 12.1 Å². The average molecular weight is 393 g/mol. The zero-order valence-electron chi connectivity index (χ0n) is 14.7.